The zero-order valence-electron chi connectivity index (χ0n) is 4.85. The second kappa shape index (κ2) is 3.80. The lowest BCUT2D eigenvalue weighted by Gasteiger charge is -2.10. The lowest BCUT2D eigenvalue weighted by molar-refractivity contribution is 0.380. The molecule has 0 aromatic heterocycles. The van der Waals surface area contributed by atoms with Crippen LogP contribution in [-0.4, -0.2) is 13.7 Å². The van der Waals surface area contributed by atoms with Gasteiger partial charge in [-0.3, -0.25) is 5.09 Å². The zero-order chi connectivity index (χ0) is 6.62. The number of hydrogen-bond donors (Lipinski definition) is 1. The van der Waals surface area contributed by atoms with Gasteiger partial charge in [-0.05, 0) is 37.0 Å². The summed E-state index contributed by atoms with van der Waals surface area (Å²) in [6.45, 7) is 2.43. The molecule has 0 fully saturated rings. The van der Waals surface area contributed by atoms with Gasteiger partial charge in [-0.2, -0.15) is 0 Å². The van der Waals surface area contributed by atoms with Gasteiger partial charge in [-0.25, -0.2) is 0 Å². The summed E-state index contributed by atoms with van der Waals surface area (Å²) >= 11 is 10.4. The summed E-state index contributed by atoms with van der Waals surface area (Å²) in [7, 11) is 1.70. The summed E-state index contributed by atoms with van der Waals surface area (Å²) in [6.07, 6.45) is 0. The van der Waals surface area contributed by atoms with Crippen LogP contribution in [0.1, 0.15) is 6.92 Å². The molecular formula is C3H9ClNOPS. The minimum absolute atomic E-state index is 0.571. The van der Waals surface area contributed by atoms with E-state index in [4.69, 9.17) is 27.6 Å². The molecule has 5 heteroatoms. The van der Waals surface area contributed by atoms with E-state index in [1.165, 1.54) is 0 Å². The van der Waals surface area contributed by atoms with Crippen molar-refractivity contribution in [3.05, 3.63) is 0 Å². The maximum Gasteiger partial charge on any atom is 0.218 e. The van der Waals surface area contributed by atoms with Gasteiger partial charge in [-0.15, -0.1) is 0 Å². The van der Waals surface area contributed by atoms with Crippen LogP contribution in [-0.2, 0) is 16.3 Å². The largest absolute Gasteiger partial charge is 0.327 e. The monoisotopic (exact) mass is 173 g/mol. The molecule has 0 aliphatic heterocycles. The molecule has 0 rings (SSSR count). The van der Waals surface area contributed by atoms with Crippen LogP contribution in [0.25, 0.3) is 0 Å². The summed E-state index contributed by atoms with van der Waals surface area (Å²) in [5.41, 5.74) is 0. The quantitative estimate of drug-likeness (QED) is 0.657. The van der Waals surface area contributed by atoms with Crippen molar-refractivity contribution >= 4 is 28.8 Å². The minimum Gasteiger partial charge on any atom is -0.327 e. The van der Waals surface area contributed by atoms with E-state index in [9.17, 15) is 0 Å². The fourth-order valence-corrected chi connectivity index (χ4v) is 1.30. The maximum atomic E-state index is 5.61. The molecule has 0 heterocycles. The van der Waals surface area contributed by atoms with Crippen molar-refractivity contribution < 1.29 is 4.52 Å². The van der Waals surface area contributed by atoms with Crippen LogP contribution in [0.3, 0.4) is 0 Å². The van der Waals surface area contributed by atoms with Gasteiger partial charge in [0.25, 0.3) is 0 Å². The van der Waals surface area contributed by atoms with E-state index in [0.29, 0.717) is 6.61 Å². The third-order valence-electron chi connectivity index (χ3n) is 0.562. The lowest BCUT2D eigenvalue weighted by atomic mass is 10.9. The van der Waals surface area contributed by atoms with Crippen LogP contribution < -0.4 is 5.09 Å². The molecule has 0 saturated carbocycles. The molecular weight excluding hydrogens is 165 g/mol. The first-order valence-corrected chi connectivity index (χ1v) is 5.88. The third-order valence-corrected chi connectivity index (χ3v) is 3.35. The predicted octanol–water partition coefficient (Wildman–Crippen LogP) is 1.71. The second-order valence-corrected chi connectivity index (χ2v) is 6.36. The Morgan fingerprint density at radius 2 is 2.38 bits per heavy atom. The van der Waals surface area contributed by atoms with Crippen molar-refractivity contribution in [1.29, 1.82) is 0 Å². The highest BCUT2D eigenvalue weighted by molar-refractivity contribution is 8.23. The standard InChI is InChI=1S/C3H9ClNOPS/c1-3-6-7(4,8)5-2/h3H2,1-2H3,(H,5,8). The summed E-state index contributed by atoms with van der Waals surface area (Å²) in [5.74, 6) is -2.12. The number of hydrogen-bond acceptors (Lipinski definition) is 2. The van der Waals surface area contributed by atoms with E-state index in [1.54, 1.807) is 7.05 Å². The van der Waals surface area contributed by atoms with Crippen molar-refractivity contribution in [2.24, 2.45) is 0 Å². The molecule has 0 amide bonds. The van der Waals surface area contributed by atoms with Gasteiger partial charge in [-0.1, -0.05) is 0 Å². The Balaban J connectivity index is 3.55. The first kappa shape index (κ1) is 8.86. The highest BCUT2D eigenvalue weighted by atomic mass is 35.7. The average Bonchev–Trinajstić information content (AvgIpc) is 1.67. The lowest BCUT2D eigenvalue weighted by Crippen LogP contribution is -1.99. The van der Waals surface area contributed by atoms with E-state index in [2.05, 4.69) is 5.09 Å². The smallest absolute Gasteiger partial charge is 0.218 e. The third kappa shape index (κ3) is 3.81. The molecule has 1 unspecified atom stereocenters. The Morgan fingerprint density at radius 1 is 1.88 bits per heavy atom. The van der Waals surface area contributed by atoms with Gasteiger partial charge in [0.2, 0.25) is 5.77 Å². The van der Waals surface area contributed by atoms with E-state index in [0.717, 1.165) is 0 Å². The summed E-state index contributed by atoms with van der Waals surface area (Å²) in [4.78, 5) is 0. The summed E-state index contributed by atoms with van der Waals surface area (Å²) < 4.78 is 4.96. The fourth-order valence-electron chi connectivity index (χ4n) is 0.231. The SMILES string of the molecule is CCOP(=S)(Cl)NC. The normalized spacial score (nSPS) is 17.9. The average molecular weight is 174 g/mol. The molecule has 50 valence electrons. The molecule has 0 radical (unpaired) electrons. The van der Waals surface area contributed by atoms with Crippen LogP contribution in [0, 0.1) is 0 Å². The number of halogens is 1. The zero-order valence-corrected chi connectivity index (χ0v) is 7.32. The first-order chi connectivity index (χ1) is 3.62. The molecule has 1 N–H and O–H groups in total. The van der Waals surface area contributed by atoms with Gasteiger partial charge < -0.3 is 4.52 Å². The molecule has 0 aliphatic carbocycles. The van der Waals surface area contributed by atoms with Gasteiger partial charge in [0.05, 0.1) is 6.61 Å². The van der Waals surface area contributed by atoms with Crippen molar-refractivity contribution in [3.8, 4) is 0 Å². The highest BCUT2D eigenvalue weighted by Crippen LogP contribution is 2.47. The van der Waals surface area contributed by atoms with Gasteiger partial charge >= 0.3 is 0 Å². The molecule has 2 nitrogen and oxygen atoms in total. The van der Waals surface area contributed by atoms with E-state index >= 15 is 0 Å². The summed E-state index contributed by atoms with van der Waals surface area (Å²) in [6, 6.07) is 0. The van der Waals surface area contributed by atoms with Crippen molar-refractivity contribution in [2.45, 2.75) is 6.92 Å². The van der Waals surface area contributed by atoms with Crippen LogP contribution in [0.4, 0.5) is 0 Å². The number of rotatable bonds is 3. The minimum atomic E-state index is -2.12. The predicted molar refractivity (Wildman–Crippen MR) is 40.8 cm³/mol. The molecule has 0 aromatic rings. The molecule has 0 aromatic carbocycles. The Kier molecular flexibility index (Phi) is 4.21. The Bertz CT molecular complexity index is 109. The molecule has 0 saturated heterocycles. The Hall–Kier alpha value is 0.860. The van der Waals surface area contributed by atoms with Gasteiger partial charge in [0, 0.05) is 0 Å². The van der Waals surface area contributed by atoms with E-state index < -0.39 is 5.77 Å². The Morgan fingerprint density at radius 3 is 2.50 bits per heavy atom. The second-order valence-electron chi connectivity index (χ2n) is 1.12. The van der Waals surface area contributed by atoms with Crippen molar-refractivity contribution in [2.75, 3.05) is 13.7 Å². The van der Waals surface area contributed by atoms with Crippen molar-refractivity contribution in [3.63, 3.8) is 0 Å². The van der Waals surface area contributed by atoms with Crippen molar-refractivity contribution in [1.82, 2.24) is 5.09 Å². The van der Waals surface area contributed by atoms with Gasteiger partial charge in [0.15, 0.2) is 0 Å². The fraction of sp³-hybridized carbons (Fsp3) is 1.00. The first-order valence-electron chi connectivity index (χ1n) is 2.25. The number of nitrogens with one attached hydrogen (secondary N) is 1. The molecule has 0 spiro atoms. The van der Waals surface area contributed by atoms with E-state index in [1.807, 2.05) is 6.92 Å². The molecule has 0 aliphatic rings. The van der Waals surface area contributed by atoms with Crippen LogP contribution in [0.5, 0.6) is 0 Å². The molecule has 8 heavy (non-hydrogen) atoms. The Labute approximate surface area is 59.5 Å². The van der Waals surface area contributed by atoms with Crippen LogP contribution >= 0.6 is 17.0 Å². The highest BCUT2D eigenvalue weighted by Gasteiger charge is 2.06. The summed E-state index contributed by atoms with van der Waals surface area (Å²) in [5, 5.41) is 2.71. The topological polar surface area (TPSA) is 21.3 Å². The molecule has 0 bridgehead atoms. The van der Waals surface area contributed by atoms with E-state index in [-0.39, 0.29) is 0 Å². The maximum absolute atomic E-state index is 5.61. The van der Waals surface area contributed by atoms with Crippen LogP contribution in [0.2, 0.25) is 0 Å². The van der Waals surface area contributed by atoms with Crippen LogP contribution in [0.15, 0.2) is 0 Å². The molecule has 1 atom stereocenters. The van der Waals surface area contributed by atoms with Gasteiger partial charge in [0.1, 0.15) is 0 Å².